The topological polar surface area (TPSA) is 119 Å². The number of nitrogens with zero attached hydrogens (tertiary/aromatic N) is 2. The van der Waals surface area contributed by atoms with Crippen molar-refractivity contribution in [2.45, 2.75) is 13.5 Å². The zero-order valence-electron chi connectivity index (χ0n) is 18.0. The van der Waals surface area contributed by atoms with Crippen molar-refractivity contribution in [2.24, 2.45) is 4.99 Å². The largest absolute Gasteiger partial charge is 0.497 e. The van der Waals surface area contributed by atoms with E-state index in [9.17, 15) is 9.59 Å². The molecule has 0 unspecified atom stereocenters. The SMILES string of the molecule is BC(=O)N/C(=N\C(=O)c1c(-c2ccc(OC)cc2)nsc1C)NCc1cc(Cl)c(N)c(Cl)c1. The smallest absolute Gasteiger partial charge is 0.283 e. The molecule has 0 bridgehead atoms. The number of rotatable bonds is 5. The highest BCUT2D eigenvalue weighted by molar-refractivity contribution is 7.06. The summed E-state index contributed by atoms with van der Waals surface area (Å²) in [4.78, 5) is 29.6. The minimum atomic E-state index is -0.545. The van der Waals surface area contributed by atoms with Crippen molar-refractivity contribution in [3.05, 3.63) is 62.4 Å². The number of anilines is 1. The van der Waals surface area contributed by atoms with Gasteiger partial charge in [0, 0.05) is 17.0 Å². The van der Waals surface area contributed by atoms with Crippen molar-refractivity contribution in [3.63, 3.8) is 0 Å². The number of nitrogens with two attached hydrogens (primary N) is 1. The van der Waals surface area contributed by atoms with E-state index in [1.54, 1.807) is 38.3 Å². The van der Waals surface area contributed by atoms with Gasteiger partial charge in [-0.15, -0.1) is 0 Å². The van der Waals surface area contributed by atoms with Gasteiger partial charge in [0.25, 0.3) is 5.91 Å². The average Bonchev–Trinajstić information content (AvgIpc) is 3.16. The van der Waals surface area contributed by atoms with Crippen molar-refractivity contribution < 1.29 is 14.3 Å². The highest BCUT2D eigenvalue weighted by atomic mass is 35.5. The molecule has 0 radical (unpaired) electrons. The molecule has 3 rings (SSSR count). The van der Waals surface area contributed by atoms with Gasteiger partial charge in [-0.25, -0.2) is 0 Å². The van der Waals surface area contributed by atoms with Gasteiger partial charge in [-0.05, 0) is 60.4 Å². The van der Waals surface area contributed by atoms with Gasteiger partial charge in [-0.3, -0.25) is 9.59 Å². The summed E-state index contributed by atoms with van der Waals surface area (Å²) in [5.74, 6) is -0.255. The van der Waals surface area contributed by atoms with Gasteiger partial charge in [-0.2, -0.15) is 9.37 Å². The maximum atomic E-state index is 13.1. The number of nitrogen functional groups attached to an aromatic ring is 1. The zero-order valence-corrected chi connectivity index (χ0v) is 20.4. The first-order valence-corrected chi connectivity index (χ1v) is 11.2. The van der Waals surface area contributed by atoms with Crippen LogP contribution in [0.1, 0.15) is 20.8 Å². The van der Waals surface area contributed by atoms with E-state index in [0.29, 0.717) is 37.5 Å². The average molecular weight is 504 g/mol. The summed E-state index contributed by atoms with van der Waals surface area (Å²) in [6, 6.07) is 10.5. The molecule has 1 heterocycles. The minimum Gasteiger partial charge on any atom is -0.497 e. The van der Waals surface area contributed by atoms with E-state index in [4.69, 9.17) is 33.7 Å². The van der Waals surface area contributed by atoms with Crippen LogP contribution in [0.4, 0.5) is 10.5 Å². The van der Waals surface area contributed by atoms with Crippen molar-refractivity contribution in [3.8, 4) is 17.0 Å². The second-order valence-corrected chi connectivity index (χ2v) is 8.76. The van der Waals surface area contributed by atoms with Crippen LogP contribution in [0.15, 0.2) is 41.4 Å². The summed E-state index contributed by atoms with van der Waals surface area (Å²) in [5.41, 5.74) is 8.34. The number of methoxy groups -OCH3 is 1. The van der Waals surface area contributed by atoms with Crippen LogP contribution in [0.3, 0.4) is 0 Å². The van der Waals surface area contributed by atoms with E-state index in [2.05, 4.69) is 20.0 Å². The lowest BCUT2D eigenvalue weighted by atomic mass is 10.1. The third-order valence-electron chi connectivity index (χ3n) is 4.55. The van der Waals surface area contributed by atoms with Crippen LogP contribution in [0.5, 0.6) is 5.75 Å². The molecule has 3 aromatic rings. The predicted molar refractivity (Wildman–Crippen MR) is 135 cm³/mol. The fourth-order valence-corrected chi connectivity index (χ4v) is 4.16. The van der Waals surface area contributed by atoms with Gasteiger partial charge in [0.1, 0.15) is 5.75 Å². The van der Waals surface area contributed by atoms with Gasteiger partial charge in [0.05, 0.1) is 34.1 Å². The molecule has 0 aliphatic carbocycles. The Morgan fingerprint density at radius 3 is 2.42 bits per heavy atom. The molecule has 2 amide bonds. The van der Waals surface area contributed by atoms with Crippen LogP contribution in [0.2, 0.25) is 10.0 Å². The standard InChI is InChI=1S/C21H20BCl2N5O3S/c1-10-16(18(29-33-10)12-3-5-13(32-2)6-4-12)19(30)27-21(28-20(22)31)26-9-11-7-14(23)17(25)15(24)8-11/h3-8H,9,22,25H2,1-2H3,(H2,26,27,28,30,31). The van der Waals surface area contributed by atoms with Gasteiger partial charge in [0.2, 0.25) is 13.8 Å². The van der Waals surface area contributed by atoms with E-state index in [1.807, 2.05) is 12.1 Å². The molecule has 0 spiro atoms. The number of ether oxygens (including phenoxy) is 1. The first-order valence-electron chi connectivity index (χ1n) is 9.68. The number of hydrogen-bond donors (Lipinski definition) is 3. The molecule has 0 atom stereocenters. The predicted octanol–water partition coefficient (Wildman–Crippen LogP) is 3.64. The summed E-state index contributed by atoms with van der Waals surface area (Å²) < 4.78 is 9.60. The monoisotopic (exact) mass is 503 g/mol. The number of aliphatic imine (C=N–C) groups is 1. The molecule has 170 valence electrons. The number of aromatic nitrogens is 1. The number of halogens is 2. The lowest BCUT2D eigenvalue weighted by molar-refractivity contribution is 0.100. The van der Waals surface area contributed by atoms with E-state index in [0.717, 1.165) is 5.56 Å². The molecule has 0 aliphatic heterocycles. The summed E-state index contributed by atoms with van der Waals surface area (Å²) in [5, 5.41) is 6.07. The van der Waals surface area contributed by atoms with Crippen molar-refractivity contribution in [1.29, 1.82) is 0 Å². The van der Waals surface area contributed by atoms with Gasteiger partial charge >= 0.3 is 0 Å². The first-order chi connectivity index (χ1) is 15.7. The maximum absolute atomic E-state index is 13.1. The molecule has 12 heteroatoms. The van der Waals surface area contributed by atoms with E-state index >= 15 is 0 Å². The van der Waals surface area contributed by atoms with E-state index in [1.165, 1.54) is 19.4 Å². The quantitative estimate of drug-likeness (QED) is 0.211. The van der Waals surface area contributed by atoms with Crippen LogP contribution >= 0.6 is 34.7 Å². The second kappa shape index (κ2) is 10.7. The molecule has 0 fully saturated rings. The van der Waals surface area contributed by atoms with Gasteiger partial charge < -0.3 is 21.1 Å². The molecule has 2 aromatic carbocycles. The Balaban J connectivity index is 1.88. The van der Waals surface area contributed by atoms with Gasteiger partial charge in [-0.1, -0.05) is 23.2 Å². The lowest BCUT2D eigenvalue weighted by Gasteiger charge is -2.12. The number of carbonyl (C=O) groups excluding carboxylic acids is 2. The summed E-state index contributed by atoms with van der Waals surface area (Å²) in [7, 11) is 2.90. The molecule has 4 N–H and O–H groups in total. The van der Waals surface area contributed by atoms with E-state index < -0.39 is 11.7 Å². The molecule has 0 aliphatic rings. The van der Waals surface area contributed by atoms with Crippen LogP contribution in [-0.4, -0.2) is 37.0 Å². The Bertz CT molecular complexity index is 1210. The molecule has 8 nitrogen and oxygen atoms in total. The Morgan fingerprint density at radius 2 is 1.85 bits per heavy atom. The molecule has 1 aromatic heterocycles. The maximum Gasteiger partial charge on any atom is 0.283 e. The van der Waals surface area contributed by atoms with Crippen molar-refractivity contribution in [1.82, 2.24) is 15.0 Å². The number of benzene rings is 2. The number of hydrogen-bond acceptors (Lipinski definition) is 6. The van der Waals surface area contributed by atoms with Crippen molar-refractivity contribution in [2.75, 3.05) is 12.8 Å². The number of aryl methyl sites for hydroxylation is 1. The molecule has 33 heavy (non-hydrogen) atoms. The molecular weight excluding hydrogens is 484 g/mol. The Kier molecular flexibility index (Phi) is 7.96. The minimum absolute atomic E-state index is 0.0112. The molecule has 0 saturated carbocycles. The summed E-state index contributed by atoms with van der Waals surface area (Å²) in [6.07, 6.45) is 0. The normalized spacial score (nSPS) is 11.2. The van der Waals surface area contributed by atoms with Crippen molar-refractivity contribution >= 4 is 65.9 Å². The van der Waals surface area contributed by atoms with Crippen LogP contribution in [0.25, 0.3) is 11.3 Å². The first kappa shape index (κ1) is 24.6. The number of nitrogens with one attached hydrogen (secondary N) is 2. The number of carbonyl (C=O) groups is 2. The van der Waals surface area contributed by atoms with Crippen LogP contribution in [0, 0.1) is 6.92 Å². The Hall–Kier alpha value is -3.08. The Morgan fingerprint density at radius 1 is 1.21 bits per heavy atom. The highest BCUT2D eigenvalue weighted by Gasteiger charge is 2.20. The highest BCUT2D eigenvalue weighted by Crippen LogP contribution is 2.30. The third kappa shape index (κ3) is 6.04. The molecular formula is C21H20BCl2N5O3S. The van der Waals surface area contributed by atoms with E-state index in [-0.39, 0.29) is 18.2 Å². The molecule has 0 saturated heterocycles. The lowest BCUT2D eigenvalue weighted by Crippen LogP contribution is -2.40. The van der Waals surface area contributed by atoms with Crippen LogP contribution in [-0.2, 0) is 6.54 Å². The number of amides is 2. The van der Waals surface area contributed by atoms with Crippen LogP contribution < -0.4 is 21.1 Å². The summed E-state index contributed by atoms with van der Waals surface area (Å²) in [6.45, 7) is 1.98. The third-order valence-corrected chi connectivity index (χ3v) is 5.92. The fourth-order valence-electron chi connectivity index (χ4n) is 2.93. The fraction of sp³-hybridized carbons (Fsp3) is 0.143. The summed E-state index contributed by atoms with van der Waals surface area (Å²) >= 11 is 13.4. The van der Waals surface area contributed by atoms with Gasteiger partial charge in [0.15, 0.2) is 5.81 Å². The second-order valence-electron chi connectivity index (χ2n) is 6.96. The number of guanidine groups is 1. The Labute approximate surface area is 205 Å². The zero-order chi connectivity index (χ0) is 24.1.